The normalized spacial score (nSPS) is 19.7. The van der Waals surface area contributed by atoms with E-state index in [1.165, 1.54) is 18.2 Å². The molecule has 3 nitrogen and oxygen atoms in total. The highest BCUT2D eigenvalue weighted by molar-refractivity contribution is 6.05. The van der Waals surface area contributed by atoms with E-state index in [-0.39, 0.29) is 30.1 Å². The molecule has 5 heteroatoms. The standard InChI is InChI=1S/C18H16F2N2O/c19-13-7-8-15-17(10-13)21-9-3-6-16(21)18(23)22(15)11-12-4-1-2-5-14(12)20/h1-2,4-5,7-8,10,16H,3,6,9,11H2/t16-/m0/s1. The third-order valence-electron chi connectivity index (χ3n) is 4.63. The Morgan fingerprint density at radius 1 is 1.09 bits per heavy atom. The zero-order chi connectivity index (χ0) is 16.0. The maximum atomic E-state index is 14.0. The smallest absolute Gasteiger partial charge is 0.250 e. The SMILES string of the molecule is O=C1[C@@H]2CCCN2c2cc(F)ccc2N1Cc1ccccc1F. The second-order valence-corrected chi connectivity index (χ2v) is 6.00. The van der Waals surface area contributed by atoms with Gasteiger partial charge in [0.15, 0.2) is 0 Å². The lowest BCUT2D eigenvalue weighted by Gasteiger charge is -2.39. The molecule has 0 unspecified atom stereocenters. The van der Waals surface area contributed by atoms with Gasteiger partial charge in [-0.3, -0.25) is 4.79 Å². The minimum Gasteiger partial charge on any atom is -0.358 e. The van der Waals surface area contributed by atoms with E-state index in [0.29, 0.717) is 11.3 Å². The van der Waals surface area contributed by atoms with Crippen molar-refractivity contribution in [2.24, 2.45) is 0 Å². The average Bonchev–Trinajstić information content (AvgIpc) is 3.03. The summed E-state index contributed by atoms with van der Waals surface area (Å²) in [6, 6.07) is 10.6. The van der Waals surface area contributed by atoms with Crippen molar-refractivity contribution in [1.29, 1.82) is 0 Å². The molecule has 2 aliphatic heterocycles. The highest BCUT2D eigenvalue weighted by Crippen LogP contribution is 2.41. The van der Waals surface area contributed by atoms with Crippen LogP contribution in [0.25, 0.3) is 0 Å². The molecule has 0 spiro atoms. The molecule has 4 rings (SSSR count). The van der Waals surface area contributed by atoms with Crippen LogP contribution in [0.3, 0.4) is 0 Å². The molecule has 2 aliphatic rings. The van der Waals surface area contributed by atoms with E-state index in [2.05, 4.69) is 0 Å². The van der Waals surface area contributed by atoms with Crippen molar-refractivity contribution in [2.75, 3.05) is 16.3 Å². The van der Waals surface area contributed by atoms with Gasteiger partial charge in [-0.15, -0.1) is 0 Å². The Labute approximate surface area is 133 Å². The molecule has 1 atom stereocenters. The Kier molecular flexibility index (Phi) is 3.29. The maximum absolute atomic E-state index is 14.0. The highest BCUT2D eigenvalue weighted by Gasteiger charge is 2.41. The average molecular weight is 314 g/mol. The number of nitrogens with zero attached hydrogens (tertiary/aromatic N) is 2. The fourth-order valence-electron chi connectivity index (χ4n) is 3.53. The first-order valence-corrected chi connectivity index (χ1v) is 7.76. The molecule has 1 amide bonds. The Morgan fingerprint density at radius 3 is 2.74 bits per heavy atom. The Balaban J connectivity index is 1.79. The van der Waals surface area contributed by atoms with Crippen LogP contribution < -0.4 is 9.80 Å². The van der Waals surface area contributed by atoms with Gasteiger partial charge in [0.1, 0.15) is 17.7 Å². The molecule has 23 heavy (non-hydrogen) atoms. The highest BCUT2D eigenvalue weighted by atomic mass is 19.1. The molecule has 1 saturated heterocycles. The van der Waals surface area contributed by atoms with Crippen molar-refractivity contribution in [1.82, 2.24) is 0 Å². The summed E-state index contributed by atoms with van der Waals surface area (Å²) < 4.78 is 27.6. The van der Waals surface area contributed by atoms with Crippen LogP contribution in [0.4, 0.5) is 20.2 Å². The van der Waals surface area contributed by atoms with Gasteiger partial charge in [-0.1, -0.05) is 18.2 Å². The predicted molar refractivity (Wildman–Crippen MR) is 84.4 cm³/mol. The number of benzene rings is 2. The van der Waals surface area contributed by atoms with Crippen molar-refractivity contribution in [3.63, 3.8) is 0 Å². The Bertz CT molecular complexity index is 777. The number of carbonyl (C=O) groups excluding carboxylic acids is 1. The van der Waals surface area contributed by atoms with Crippen molar-refractivity contribution < 1.29 is 13.6 Å². The number of halogens is 2. The van der Waals surface area contributed by atoms with Gasteiger partial charge in [0.05, 0.1) is 17.9 Å². The number of anilines is 2. The van der Waals surface area contributed by atoms with E-state index in [9.17, 15) is 13.6 Å². The van der Waals surface area contributed by atoms with E-state index in [4.69, 9.17) is 0 Å². The number of rotatable bonds is 2. The van der Waals surface area contributed by atoms with Gasteiger partial charge >= 0.3 is 0 Å². The fourth-order valence-corrected chi connectivity index (χ4v) is 3.53. The van der Waals surface area contributed by atoms with Crippen LogP contribution >= 0.6 is 0 Å². The summed E-state index contributed by atoms with van der Waals surface area (Å²) in [5, 5.41) is 0. The summed E-state index contributed by atoms with van der Waals surface area (Å²) >= 11 is 0. The number of hydrogen-bond acceptors (Lipinski definition) is 2. The Morgan fingerprint density at radius 2 is 1.91 bits per heavy atom. The molecule has 0 bridgehead atoms. The molecule has 0 radical (unpaired) electrons. The zero-order valence-corrected chi connectivity index (χ0v) is 12.5. The molecule has 0 saturated carbocycles. The largest absolute Gasteiger partial charge is 0.358 e. The van der Waals surface area contributed by atoms with Crippen LogP contribution in [-0.2, 0) is 11.3 Å². The van der Waals surface area contributed by atoms with Crippen LogP contribution in [0.1, 0.15) is 18.4 Å². The van der Waals surface area contributed by atoms with Crippen molar-refractivity contribution >= 4 is 17.3 Å². The van der Waals surface area contributed by atoms with Crippen LogP contribution in [0, 0.1) is 11.6 Å². The lowest BCUT2D eigenvalue weighted by atomic mass is 10.1. The van der Waals surface area contributed by atoms with Crippen LogP contribution in [0.5, 0.6) is 0 Å². The number of hydrogen-bond donors (Lipinski definition) is 0. The van der Waals surface area contributed by atoms with Gasteiger partial charge in [0, 0.05) is 12.1 Å². The van der Waals surface area contributed by atoms with Gasteiger partial charge in [-0.25, -0.2) is 8.78 Å². The van der Waals surface area contributed by atoms with Gasteiger partial charge in [-0.2, -0.15) is 0 Å². The van der Waals surface area contributed by atoms with Gasteiger partial charge in [0.25, 0.3) is 0 Å². The van der Waals surface area contributed by atoms with Crippen LogP contribution in [-0.4, -0.2) is 18.5 Å². The van der Waals surface area contributed by atoms with E-state index in [0.717, 1.165) is 25.1 Å². The molecule has 2 aromatic carbocycles. The second kappa shape index (κ2) is 5.33. The topological polar surface area (TPSA) is 23.6 Å². The zero-order valence-electron chi connectivity index (χ0n) is 12.5. The van der Waals surface area contributed by atoms with E-state index < -0.39 is 0 Å². The molecular weight excluding hydrogens is 298 g/mol. The quantitative estimate of drug-likeness (QED) is 0.847. The lowest BCUT2D eigenvalue weighted by Crippen LogP contribution is -2.50. The van der Waals surface area contributed by atoms with Crippen LogP contribution in [0.2, 0.25) is 0 Å². The van der Waals surface area contributed by atoms with Crippen molar-refractivity contribution in [3.8, 4) is 0 Å². The van der Waals surface area contributed by atoms with Gasteiger partial charge in [-0.05, 0) is 37.1 Å². The third kappa shape index (κ3) is 2.27. The monoisotopic (exact) mass is 314 g/mol. The first-order chi connectivity index (χ1) is 11.1. The molecular formula is C18H16F2N2O. The summed E-state index contributed by atoms with van der Waals surface area (Å²) in [7, 11) is 0. The van der Waals surface area contributed by atoms with Gasteiger partial charge < -0.3 is 9.80 Å². The maximum Gasteiger partial charge on any atom is 0.250 e. The predicted octanol–water partition coefficient (Wildman–Crippen LogP) is 3.48. The van der Waals surface area contributed by atoms with E-state index in [1.54, 1.807) is 29.2 Å². The minimum atomic E-state index is -0.335. The van der Waals surface area contributed by atoms with Crippen molar-refractivity contribution in [2.45, 2.75) is 25.4 Å². The summed E-state index contributed by atoms with van der Waals surface area (Å²) in [6.07, 6.45) is 1.66. The number of amides is 1. The second-order valence-electron chi connectivity index (χ2n) is 6.00. The third-order valence-corrected chi connectivity index (χ3v) is 4.63. The summed E-state index contributed by atoms with van der Waals surface area (Å²) in [4.78, 5) is 16.4. The number of carbonyl (C=O) groups is 1. The van der Waals surface area contributed by atoms with E-state index >= 15 is 0 Å². The fraction of sp³-hybridized carbons (Fsp3) is 0.278. The molecule has 118 valence electrons. The molecule has 0 aromatic heterocycles. The van der Waals surface area contributed by atoms with E-state index in [1.807, 2.05) is 4.90 Å². The number of fused-ring (bicyclic) bond motifs is 3. The minimum absolute atomic E-state index is 0.0372. The molecule has 0 N–H and O–H groups in total. The Hall–Kier alpha value is -2.43. The molecule has 2 aromatic rings. The lowest BCUT2D eigenvalue weighted by molar-refractivity contribution is -0.120. The summed E-state index contributed by atoms with van der Waals surface area (Å²) in [5.41, 5.74) is 1.84. The first kappa shape index (κ1) is 14.2. The first-order valence-electron chi connectivity index (χ1n) is 7.76. The molecule has 2 heterocycles. The molecule has 0 aliphatic carbocycles. The molecule has 1 fully saturated rings. The van der Waals surface area contributed by atoms with Crippen molar-refractivity contribution in [3.05, 3.63) is 59.7 Å². The van der Waals surface area contributed by atoms with Gasteiger partial charge in [0.2, 0.25) is 5.91 Å². The summed E-state index contributed by atoms with van der Waals surface area (Å²) in [5.74, 6) is -0.697. The summed E-state index contributed by atoms with van der Waals surface area (Å²) in [6.45, 7) is 0.912. The van der Waals surface area contributed by atoms with Crippen LogP contribution in [0.15, 0.2) is 42.5 Å².